The molecule has 1 rings (SSSR count). The van der Waals surface area contributed by atoms with E-state index in [0.29, 0.717) is 5.69 Å². The predicted octanol–water partition coefficient (Wildman–Crippen LogP) is 0.539. The fourth-order valence-electron chi connectivity index (χ4n) is 1.47. The van der Waals surface area contributed by atoms with Crippen LogP contribution in [0.2, 0.25) is 0 Å². The second-order valence-electron chi connectivity index (χ2n) is 4.09. The van der Waals surface area contributed by atoms with E-state index in [9.17, 15) is 18.0 Å². The van der Waals surface area contributed by atoms with Crippen LogP contribution in [0.4, 0.5) is 5.69 Å². The molecule has 7 heteroatoms. The number of carboxylic acids is 1. The van der Waals surface area contributed by atoms with Gasteiger partial charge in [0, 0.05) is 18.4 Å². The highest BCUT2D eigenvalue weighted by Crippen LogP contribution is 2.14. The van der Waals surface area contributed by atoms with Gasteiger partial charge in [0.05, 0.1) is 5.75 Å². The number of rotatable bonds is 6. The monoisotopic (exact) mass is 285 g/mol. The molecule has 0 bridgehead atoms. The molecule has 0 heterocycles. The first-order chi connectivity index (χ1) is 8.79. The Balaban J connectivity index is 2.86. The first-order valence-electron chi connectivity index (χ1n) is 5.54. The Bertz CT molecular complexity index is 553. The minimum Gasteiger partial charge on any atom is -0.480 e. The highest BCUT2D eigenvalue weighted by Gasteiger charge is 2.19. The van der Waals surface area contributed by atoms with E-state index in [2.05, 4.69) is 0 Å². The number of carbonyl (C=O) groups excluding carboxylic acids is 1. The number of benzene rings is 1. The number of sulfone groups is 1. The lowest BCUT2D eigenvalue weighted by molar-refractivity contribution is -0.136. The van der Waals surface area contributed by atoms with E-state index in [1.807, 2.05) is 0 Å². The Labute approximate surface area is 111 Å². The van der Waals surface area contributed by atoms with Crippen LogP contribution in [-0.4, -0.2) is 44.0 Å². The number of carboxylic acid groups (broad SMARTS) is 1. The number of anilines is 1. The van der Waals surface area contributed by atoms with Gasteiger partial charge in [-0.2, -0.15) is 0 Å². The lowest BCUT2D eigenvalue weighted by Gasteiger charge is -2.20. The molecular weight excluding hydrogens is 270 g/mol. The fourth-order valence-corrected chi connectivity index (χ4v) is 2.02. The third-order valence-electron chi connectivity index (χ3n) is 2.35. The zero-order valence-electron chi connectivity index (χ0n) is 10.4. The van der Waals surface area contributed by atoms with Gasteiger partial charge < -0.3 is 10.0 Å². The molecule has 19 heavy (non-hydrogen) atoms. The quantitative estimate of drug-likeness (QED) is 0.823. The molecule has 0 aromatic heterocycles. The molecule has 1 aromatic carbocycles. The Morgan fingerprint density at radius 3 is 2.26 bits per heavy atom. The Kier molecular flexibility index (Phi) is 5.05. The molecule has 1 aromatic rings. The van der Waals surface area contributed by atoms with Crippen LogP contribution in [0.15, 0.2) is 30.3 Å². The number of aliphatic carboxylic acids is 1. The van der Waals surface area contributed by atoms with E-state index < -0.39 is 28.3 Å². The summed E-state index contributed by atoms with van der Waals surface area (Å²) < 4.78 is 22.1. The van der Waals surface area contributed by atoms with Crippen molar-refractivity contribution in [2.75, 3.05) is 23.5 Å². The average Bonchev–Trinajstić information content (AvgIpc) is 2.33. The second kappa shape index (κ2) is 6.33. The van der Waals surface area contributed by atoms with E-state index in [-0.39, 0.29) is 12.2 Å². The third kappa shape index (κ3) is 5.52. The van der Waals surface area contributed by atoms with Crippen LogP contribution in [-0.2, 0) is 19.4 Å². The summed E-state index contributed by atoms with van der Waals surface area (Å²) in [4.78, 5) is 23.8. The van der Waals surface area contributed by atoms with Gasteiger partial charge in [0.25, 0.3) is 0 Å². The topological polar surface area (TPSA) is 91.8 Å². The van der Waals surface area contributed by atoms with Crippen LogP contribution in [0.25, 0.3) is 0 Å². The van der Waals surface area contributed by atoms with E-state index in [1.54, 1.807) is 30.3 Å². The molecule has 104 valence electrons. The molecule has 0 atom stereocenters. The number of amides is 1. The Hall–Kier alpha value is -1.89. The highest BCUT2D eigenvalue weighted by atomic mass is 32.2. The van der Waals surface area contributed by atoms with Gasteiger partial charge in [-0.15, -0.1) is 0 Å². The van der Waals surface area contributed by atoms with E-state index in [4.69, 9.17) is 5.11 Å². The molecule has 0 saturated carbocycles. The first kappa shape index (κ1) is 15.2. The summed E-state index contributed by atoms with van der Waals surface area (Å²) in [7, 11) is -3.26. The molecule has 0 fully saturated rings. The van der Waals surface area contributed by atoms with Crippen LogP contribution >= 0.6 is 0 Å². The van der Waals surface area contributed by atoms with Crippen molar-refractivity contribution in [3.8, 4) is 0 Å². The lowest BCUT2D eigenvalue weighted by atomic mass is 10.2. The van der Waals surface area contributed by atoms with Crippen molar-refractivity contribution in [2.24, 2.45) is 0 Å². The van der Waals surface area contributed by atoms with Crippen LogP contribution in [0.5, 0.6) is 0 Å². The smallest absolute Gasteiger partial charge is 0.323 e. The van der Waals surface area contributed by atoms with Crippen LogP contribution in [0, 0.1) is 0 Å². The number of carbonyl (C=O) groups is 2. The summed E-state index contributed by atoms with van der Waals surface area (Å²) in [5.41, 5.74) is 0.434. The second-order valence-corrected chi connectivity index (χ2v) is 6.35. The zero-order valence-corrected chi connectivity index (χ0v) is 11.3. The van der Waals surface area contributed by atoms with Crippen molar-refractivity contribution in [2.45, 2.75) is 6.42 Å². The van der Waals surface area contributed by atoms with Crippen LogP contribution < -0.4 is 4.90 Å². The average molecular weight is 285 g/mol. The molecule has 0 aliphatic heterocycles. The van der Waals surface area contributed by atoms with Crippen LogP contribution in [0.3, 0.4) is 0 Å². The van der Waals surface area contributed by atoms with Gasteiger partial charge in [-0.05, 0) is 12.1 Å². The minimum atomic E-state index is -3.26. The summed E-state index contributed by atoms with van der Waals surface area (Å²) in [5.74, 6) is -1.98. The van der Waals surface area contributed by atoms with E-state index in [1.165, 1.54) is 0 Å². The number of hydrogen-bond donors (Lipinski definition) is 1. The molecule has 0 aliphatic rings. The molecule has 0 saturated heterocycles. The molecule has 0 aliphatic carbocycles. The summed E-state index contributed by atoms with van der Waals surface area (Å²) >= 11 is 0. The maximum Gasteiger partial charge on any atom is 0.323 e. The van der Waals surface area contributed by atoms with Crippen molar-refractivity contribution < 1.29 is 23.1 Å². The molecule has 0 unspecified atom stereocenters. The van der Waals surface area contributed by atoms with Gasteiger partial charge >= 0.3 is 5.97 Å². The molecule has 0 radical (unpaired) electrons. The molecule has 1 N–H and O–H groups in total. The first-order valence-corrected chi connectivity index (χ1v) is 7.60. The number of para-hydroxylation sites is 1. The largest absolute Gasteiger partial charge is 0.480 e. The minimum absolute atomic E-state index is 0.235. The SMILES string of the molecule is CS(=O)(=O)CCC(=O)N(CC(=O)O)c1ccccc1. The van der Waals surface area contributed by atoms with Gasteiger partial charge in [0.1, 0.15) is 16.4 Å². The van der Waals surface area contributed by atoms with Crippen molar-refractivity contribution in [1.29, 1.82) is 0 Å². The standard InChI is InChI=1S/C12H15NO5S/c1-19(17,18)8-7-11(14)13(9-12(15)16)10-5-3-2-4-6-10/h2-6H,7-9H2,1H3,(H,15,16). The van der Waals surface area contributed by atoms with Gasteiger partial charge in [0.2, 0.25) is 5.91 Å². The predicted molar refractivity (Wildman–Crippen MR) is 70.8 cm³/mol. The number of hydrogen-bond acceptors (Lipinski definition) is 4. The molecule has 0 spiro atoms. The maximum absolute atomic E-state index is 11.9. The Morgan fingerprint density at radius 1 is 1.21 bits per heavy atom. The molecular formula is C12H15NO5S. The maximum atomic E-state index is 11.9. The normalized spacial score (nSPS) is 11.0. The van der Waals surface area contributed by atoms with Gasteiger partial charge in [-0.1, -0.05) is 18.2 Å². The molecule has 1 amide bonds. The summed E-state index contributed by atoms with van der Waals surface area (Å²) in [6.07, 6.45) is 0.797. The lowest BCUT2D eigenvalue weighted by Crippen LogP contribution is -2.36. The number of nitrogens with zero attached hydrogens (tertiary/aromatic N) is 1. The summed E-state index contributed by atoms with van der Waals surface area (Å²) in [5, 5.41) is 8.81. The van der Waals surface area contributed by atoms with Gasteiger partial charge in [-0.25, -0.2) is 8.42 Å². The van der Waals surface area contributed by atoms with Crippen molar-refractivity contribution in [1.82, 2.24) is 0 Å². The fraction of sp³-hybridized carbons (Fsp3) is 0.333. The highest BCUT2D eigenvalue weighted by molar-refractivity contribution is 7.90. The zero-order chi connectivity index (χ0) is 14.5. The van der Waals surface area contributed by atoms with E-state index >= 15 is 0 Å². The van der Waals surface area contributed by atoms with Crippen LogP contribution in [0.1, 0.15) is 6.42 Å². The summed E-state index contributed by atoms with van der Waals surface area (Å²) in [6.45, 7) is -0.493. The van der Waals surface area contributed by atoms with E-state index in [0.717, 1.165) is 11.2 Å². The molecule has 6 nitrogen and oxygen atoms in total. The van der Waals surface area contributed by atoms with Crippen molar-refractivity contribution in [3.05, 3.63) is 30.3 Å². The Morgan fingerprint density at radius 2 is 1.79 bits per heavy atom. The summed E-state index contributed by atoms with van der Waals surface area (Å²) in [6, 6.07) is 8.29. The van der Waals surface area contributed by atoms with Gasteiger partial charge in [0.15, 0.2) is 0 Å². The van der Waals surface area contributed by atoms with Gasteiger partial charge in [-0.3, -0.25) is 9.59 Å². The third-order valence-corrected chi connectivity index (χ3v) is 3.29. The van der Waals surface area contributed by atoms with Crippen molar-refractivity contribution >= 4 is 27.4 Å². The van der Waals surface area contributed by atoms with Crippen molar-refractivity contribution in [3.63, 3.8) is 0 Å².